The Kier molecular flexibility index (Phi) is 6.47. The number of nitriles is 1. The summed E-state index contributed by atoms with van der Waals surface area (Å²) in [6, 6.07) is 23.9. The number of hydrogen-bond donors (Lipinski definition) is 0. The van der Waals surface area contributed by atoms with Crippen molar-refractivity contribution in [2.24, 2.45) is 0 Å². The smallest absolute Gasteiger partial charge is 0.144 e. The van der Waals surface area contributed by atoms with Gasteiger partial charge < -0.3 is 0 Å². The molecule has 0 aromatic heterocycles. The zero-order chi connectivity index (χ0) is 21.8. The average Bonchev–Trinajstić information content (AvgIpc) is 2.80. The first-order chi connectivity index (χ1) is 15.0. The third-order valence-electron chi connectivity index (χ3n) is 6.74. The summed E-state index contributed by atoms with van der Waals surface area (Å²) in [5.74, 6) is -0.375. The van der Waals surface area contributed by atoms with E-state index >= 15 is 0 Å². The van der Waals surface area contributed by atoms with E-state index in [4.69, 9.17) is 5.26 Å². The monoisotopic (exact) mass is 415 g/mol. The molecule has 3 aromatic carbocycles. The van der Waals surface area contributed by atoms with Crippen molar-refractivity contribution in [2.45, 2.75) is 56.8 Å². The van der Waals surface area contributed by atoms with E-state index in [1.807, 2.05) is 6.07 Å². The van der Waals surface area contributed by atoms with Gasteiger partial charge in [-0.15, -0.1) is 0 Å². The van der Waals surface area contributed by atoms with Crippen LogP contribution >= 0.6 is 0 Å². The van der Waals surface area contributed by atoms with Crippen LogP contribution < -0.4 is 0 Å². The second kappa shape index (κ2) is 9.43. The van der Waals surface area contributed by atoms with Crippen LogP contribution in [0.5, 0.6) is 0 Å². The molecule has 3 heteroatoms. The van der Waals surface area contributed by atoms with E-state index in [0.717, 1.165) is 32.1 Å². The molecule has 0 aliphatic heterocycles. The van der Waals surface area contributed by atoms with Crippen molar-refractivity contribution in [2.75, 3.05) is 0 Å². The summed E-state index contributed by atoms with van der Waals surface area (Å²) in [6.07, 6.45) is 4.85. The van der Waals surface area contributed by atoms with Gasteiger partial charge in [0.2, 0.25) is 0 Å². The molecule has 0 radical (unpaired) electrons. The molecule has 1 atom stereocenters. The summed E-state index contributed by atoms with van der Waals surface area (Å²) in [5, 5.41) is 8.86. The molecule has 1 nitrogen and oxygen atoms in total. The summed E-state index contributed by atoms with van der Waals surface area (Å²) >= 11 is 0. The molecule has 0 spiro atoms. The van der Waals surface area contributed by atoms with Crippen molar-refractivity contribution in [1.29, 1.82) is 5.26 Å². The number of nitrogens with zero attached hydrogens (tertiary/aromatic N) is 1. The molecule has 158 valence electrons. The van der Waals surface area contributed by atoms with E-state index in [1.165, 1.54) is 28.8 Å². The van der Waals surface area contributed by atoms with Crippen LogP contribution in [-0.2, 0) is 6.42 Å². The third-order valence-corrected chi connectivity index (χ3v) is 6.74. The van der Waals surface area contributed by atoms with E-state index in [0.29, 0.717) is 17.4 Å². The average molecular weight is 416 g/mol. The molecular weight excluding hydrogens is 388 g/mol. The Bertz CT molecular complexity index is 1040. The molecule has 3 aromatic rings. The molecule has 0 amide bonds. The summed E-state index contributed by atoms with van der Waals surface area (Å²) in [7, 11) is 0. The Hall–Kier alpha value is -2.99. The number of halogens is 2. The van der Waals surface area contributed by atoms with E-state index in [-0.39, 0.29) is 5.92 Å². The minimum atomic E-state index is -0.750. The van der Waals surface area contributed by atoms with Gasteiger partial charge in [-0.2, -0.15) is 5.26 Å². The van der Waals surface area contributed by atoms with Gasteiger partial charge in [0.25, 0.3) is 0 Å². The normalized spacial score (nSPS) is 19.5. The fraction of sp³-hybridized carbons (Fsp3) is 0.321. The van der Waals surface area contributed by atoms with Gasteiger partial charge in [-0.3, -0.25) is 0 Å². The summed E-state index contributed by atoms with van der Waals surface area (Å²) in [4.78, 5) is 0. The quantitative estimate of drug-likeness (QED) is 0.420. The Morgan fingerprint density at radius 1 is 0.839 bits per heavy atom. The van der Waals surface area contributed by atoms with Gasteiger partial charge >= 0.3 is 0 Å². The van der Waals surface area contributed by atoms with Crippen LogP contribution in [0.1, 0.15) is 78.2 Å². The standard InChI is InChI=1S/C28H27F2N/c1-19(21-5-3-2-4-6-21)15-20-7-9-22(10-8-20)23-11-13-24(14-12-23)25-16-27(29)26(18-31)28(30)17-25/h2-10,16-17,19,23-24H,11-15H2,1H3. The fourth-order valence-electron chi connectivity index (χ4n) is 4.87. The maximum atomic E-state index is 14.0. The van der Waals surface area contributed by atoms with Crippen LogP contribution in [0.15, 0.2) is 66.7 Å². The molecule has 0 heterocycles. The second-order valence-electron chi connectivity index (χ2n) is 8.78. The predicted octanol–water partition coefficient (Wildman–Crippen LogP) is 7.62. The van der Waals surface area contributed by atoms with E-state index in [1.54, 1.807) is 6.07 Å². The maximum Gasteiger partial charge on any atom is 0.144 e. The predicted molar refractivity (Wildman–Crippen MR) is 120 cm³/mol. The molecule has 0 bridgehead atoms. The van der Waals surface area contributed by atoms with Crippen molar-refractivity contribution >= 4 is 0 Å². The third kappa shape index (κ3) is 4.85. The minimum Gasteiger partial charge on any atom is -0.205 e. The maximum absolute atomic E-state index is 14.0. The molecule has 0 saturated heterocycles. The van der Waals surface area contributed by atoms with Crippen LogP contribution in [0.2, 0.25) is 0 Å². The van der Waals surface area contributed by atoms with Crippen LogP contribution in [0, 0.1) is 23.0 Å². The Morgan fingerprint density at radius 3 is 1.94 bits per heavy atom. The molecule has 1 saturated carbocycles. The lowest BCUT2D eigenvalue weighted by Gasteiger charge is -2.29. The number of hydrogen-bond acceptors (Lipinski definition) is 1. The largest absolute Gasteiger partial charge is 0.205 e. The zero-order valence-corrected chi connectivity index (χ0v) is 17.8. The van der Waals surface area contributed by atoms with Crippen molar-refractivity contribution in [3.63, 3.8) is 0 Å². The molecule has 31 heavy (non-hydrogen) atoms. The molecule has 1 unspecified atom stereocenters. The number of rotatable bonds is 5. The highest BCUT2D eigenvalue weighted by molar-refractivity contribution is 5.37. The van der Waals surface area contributed by atoms with Gasteiger partial charge in [0.1, 0.15) is 23.3 Å². The van der Waals surface area contributed by atoms with Gasteiger partial charge in [0.05, 0.1) is 0 Å². The summed E-state index contributed by atoms with van der Waals surface area (Å²) in [6.45, 7) is 2.26. The summed E-state index contributed by atoms with van der Waals surface area (Å²) < 4.78 is 28.0. The molecular formula is C28H27F2N. The fourth-order valence-corrected chi connectivity index (χ4v) is 4.87. The molecule has 1 fully saturated rings. The Morgan fingerprint density at radius 2 is 1.39 bits per heavy atom. The molecule has 1 aliphatic rings. The zero-order valence-electron chi connectivity index (χ0n) is 17.8. The number of benzene rings is 3. The first-order valence-electron chi connectivity index (χ1n) is 11.1. The van der Waals surface area contributed by atoms with Crippen LogP contribution in [0.25, 0.3) is 0 Å². The van der Waals surface area contributed by atoms with Gasteiger partial charge in [0, 0.05) is 0 Å². The second-order valence-corrected chi connectivity index (χ2v) is 8.78. The topological polar surface area (TPSA) is 23.8 Å². The Labute approximate surface area is 183 Å². The lowest BCUT2D eigenvalue weighted by molar-refractivity contribution is 0.394. The van der Waals surface area contributed by atoms with Crippen molar-refractivity contribution < 1.29 is 8.78 Å². The lowest BCUT2D eigenvalue weighted by Crippen LogP contribution is -2.13. The minimum absolute atomic E-state index is 0.152. The highest BCUT2D eigenvalue weighted by atomic mass is 19.1. The van der Waals surface area contributed by atoms with E-state index in [9.17, 15) is 8.78 Å². The van der Waals surface area contributed by atoms with Crippen LogP contribution in [0.3, 0.4) is 0 Å². The van der Waals surface area contributed by atoms with Crippen molar-refractivity contribution in [3.8, 4) is 6.07 Å². The van der Waals surface area contributed by atoms with Gasteiger partial charge in [-0.1, -0.05) is 61.5 Å². The van der Waals surface area contributed by atoms with Crippen LogP contribution in [0.4, 0.5) is 8.78 Å². The lowest BCUT2D eigenvalue weighted by atomic mass is 9.76. The SMILES string of the molecule is CC(Cc1ccc(C2CCC(c3cc(F)c(C#N)c(F)c3)CC2)cc1)c1ccccc1. The van der Waals surface area contributed by atoms with E-state index < -0.39 is 17.2 Å². The highest BCUT2D eigenvalue weighted by Crippen LogP contribution is 2.41. The molecule has 0 N–H and O–H groups in total. The first-order valence-corrected chi connectivity index (χ1v) is 11.1. The Balaban J connectivity index is 1.36. The van der Waals surface area contributed by atoms with Crippen LogP contribution in [-0.4, -0.2) is 0 Å². The van der Waals surface area contributed by atoms with Crippen molar-refractivity contribution in [3.05, 3.63) is 106 Å². The van der Waals surface area contributed by atoms with Crippen molar-refractivity contribution in [1.82, 2.24) is 0 Å². The van der Waals surface area contributed by atoms with E-state index in [2.05, 4.69) is 55.5 Å². The van der Waals surface area contributed by atoms with Gasteiger partial charge in [-0.25, -0.2) is 8.78 Å². The van der Waals surface area contributed by atoms with Gasteiger partial charge in [0.15, 0.2) is 0 Å². The summed E-state index contributed by atoms with van der Waals surface area (Å²) in [5.41, 5.74) is 4.25. The molecule has 1 aliphatic carbocycles. The van der Waals surface area contributed by atoms with Gasteiger partial charge in [-0.05, 0) is 84.2 Å². The highest BCUT2D eigenvalue weighted by Gasteiger charge is 2.25. The first kappa shape index (κ1) is 21.2. The molecule has 4 rings (SSSR count).